The van der Waals surface area contributed by atoms with E-state index in [0.717, 1.165) is 0 Å². The van der Waals surface area contributed by atoms with Crippen LogP contribution in [0.3, 0.4) is 0 Å². The van der Waals surface area contributed by atoms with E-state index in [1.54, 1.807) is 13.8 Å². The molecular formula is C16H30N2O5. The number of carbonyl (C=O) groups excluding carboxylic acids is 3. The van der Waals surface area contributed by atoms with Crippen molar-refractivity contribution in [1.29, 1.82) is 0 Å². The van der Waals surface area contributed by atoms with Crippen molar-refractivity contribution in [3.8, 4) is 0 Å². The molecule has 0 N–H and O–H groups in total. The van der Waals surface area contributed by atoms with E-state index in [1.807, 2.05) is 20.8 Å². The Kier molecular flexibility index (Phi) is 9.29. The Bertz CT molecular complexity index is 411. The Labute approximate surface area is 138 Å². The molecule has 0 spiro atoms. The highest BCUT2D eigenvalue weighted by Gasteiger charge is 2.31. The zero-order valence-electron chi connectivity index (χ0n) is 15.3. The molecule has 23 heavy (non-hydrogen) atoms. The summed E-state index contributed by atoms with van der Waals surface area (Å²) < 4.78 is 10.1. The molecule has 0 heterocycles. The fraction of sp³-hybridized carbons (Fsp3) is 0.812. The maximum absolute atomic E-state index is 12.4. The zero-order chi connectivity index (χ0) is 18.2. The maximum Gasteiger partial charge on any atom is 0.410 e. The molecule has 0 aliphatic heterocycles. The normalized spacial score (nSPS) is 13.2. The lowest BCUT2D eigenvalue weighted by Gasteiger charge is -2.30. The van der Waals surface area contributed by atoms with Crippen molar-refractivity contribution in [2.24, 2.45) is 5.92 Å². The first-order chi connectivity index (χ1) is 10.6. The molecule has 0 rings (SSSR count). The first kappa shape index (κ1) is 21.2. The molecule has 7 nitrogen and oxygen atoms in total. The van der Waals surface area contributed by atoms with Crippen molar-refractivity contribution >= 4 is 18.0 Å². The smallest absolute Gasteiger partial charge is 0.410 e. The Morgan fingerprint density at radius 3 is 1.96 bits per heavy atom. The van der Waals surface area contributed by atoms with Gasteiger partial charge in [0.25, 0.3) is 0 Å². The average molecular weight is 330 g/mol. The molecule has 0 radical (unpaired) electrons. The van der Waals surface area contributed by atoms with Gasteiger partial charge in [0, 0.05) is 14.1 Å². The first-order valence-electron chi connectivity index (χ1n) is 7.96. The number of carbonyl (C=O) groups is 3. The molecule has 0 aromatic carbocycles. The monoisotopic (exact) mass is 330 g/mol. The van der Waals surface area contributed by atoms with Crippen LogP contribution in [0.25, 0.3) is 0 Å². The van der Waals surface area contributed by atoms with Gasteiger partial charge in [-0.05, 0) is 26.2 Å². The molecular weight excluding hydrogens is 300 g/mol. The standard InChI is InChI=1S/C16H30N2O5/c1-8-9-22-16(21)18(7)12(4)14(19)17(6)13(5)15(20)23-10-11(2)3/h11-13H,8-10H2,1-7H3. The summed E-state index contributed by atoms with van der Waals surface area (Å²) in [6.45, 7) is 9.57. The topological polar surface area (TPSA) is 76.2 Å². The molecule has 2 unspecified atom stereocenters. The number of rotatable bonds is 8. The number of ether oxygens (including phenoxy) is 2. The second kappa shape index (κ2) is 10.1. The van der Waals surface area contributed by atoms with Gasteiger partial charge in [0.2, 0.25) is 5.91 Å². The number of esters is 1. The van der Waals surface area contributed by atoms with E-state index in [-0.39, 0.29) is 11.8 Å². The number of likely N-dealkylation sites (N-methyl/N-ethyl adjacent to an activating group) is 2. The second-order valence-corrected chi connectivity index (χ2v) is 6.05. The van der Waals surface area contributed by atoms with Crippen molar-refractivity contribution in [1.82, 2.24) is 9.80 Å². The van der Waals surface area contributed by atoms with Crippen LogP contribution in [0.5, 0.6) is 0 Å². The van der Waals surface area contributed by atoms with Crippen LogP contribution in [0.4, 0.5) is 4.79 Å². The van der Waals surface area contributed by atoms with Gasteiger partial charge in [-0.15, -0.1) is 0 Å². The third kappa shape index (κ3) is 6.88. The zero-order valence-corrected chi connectivity index (χ0v) is 15.3. The summed E-state index contributed by atoms with van der Waals surface area (Å²) >= 11 is 0. The molecule has 7 heteroatoms. The van der Waals surface area contributed by atoms with E-state index in [4.69, 9.17) is 9.47 Å². The Hall–Kier alpha value is -1.79. The van der Waals surface area contributed by atoms with Crippen LogP contribution < -0.4 is 0 Å². The van der Waals surface area contributed by atoms with Crippen LogP contribution in [0.2, 0.25) is 0 Å². The first-order valence-corrected chi connectivity index (χ1v) is 7.96. The quantitative estimate of drug-likeness (QED) is 0.635. The van der Waals surface area contributed by atoms with Crippen LogP contribution in [0, 0.1) is 5.92 Å². The minimum Gasteiger partial charge on any atom is -0.464 e. The predicted molar refractivity (Wildman–Crippen MR) is 86.9 cm³/mol. The lowest BCUT2D eigenvalue weighted by molar-refractivity contribution is -0.155. The minimum absolute atomic E-state index is 0.227. The Balaban J connectivity index is 4.67. The molecule has 0 aliphatic carbocycles. The van der Waals surface area contributed by atoms with Crippen LogP contribution in [0.1, 0.15) is 41.0 Å². The molecule has 0 aromatic rings. The van der Waals surface area contributed by atoms with E-state index < -0.39 is 24.1 Å². The van der Waals surface area contributed by atoms with Gasteiger partial charge in [-0.25, -0.2) is 9.59 Å². The molecule has 0 bridgehead atoms. The van der Waals surface area contributed by atoms with Gasteiger partial charge in [0.15, 0.2) is 0 Å². The van der Waals surface area contributed by atoms with E-state index >= 15 is 0 Å². The van der Waals surface area contributed by atoms with Crippen LogP contribution in [-0.4, -0.2) is 67.2 Å². The fourth-order valence-electron chi connectivity index (χ4n) is 1.63. The SMILES string of the molecule is CCCOC(=O)N(C)C(C)C(=O)N(C)C(C)C(=O)OCC(C)C. The number of amides is 2. The summed E-state index contributed by atoms with van der Waals surface area (Å²) in [5, 5.41) is 0. The number of nitrogens with zero attached hydrogens (tertiary/aromatic N) is 2. The van der Waals surface area contributed by atoms with Crippen molar-refractivity contribution < 1.29 is 23.9 Å². The largest absolute Gasteiger partial charge is 0.464 e. The third-order valence-electron chi connectivity index (χ3n) is 3.48. The van der Waals surface area contributed by atoms with Crippen molar-refractivity contribution in [3.63, 3.8) is 0 Å². The summed E-state index contributed by atoms with van der Waals surface area (Å²) in [4.78, 5) is 38.7. The van der Waals surface area contributed by atoms with Gasteiger partial charge >= 0.3 is 12.1 Å². The molecule has 134 valence electrons. The predicted octanol–water partition coefficient (Wildman–Crippen LogP) is 1.90. The Morgan fingerprint density at radius 1 is 0.913 bits per heavy atom. The van der Waals surface area contributed by atoms with E-state index in [2.05, 4.69) is 0 Å². The fourth-order valence-corrected chi connectivity index (χ4v) is 1.63. The van der Waals surface area contributed by atoms with E-state index in [9.17, 15) is 14.4 Å². The van der Waals surface area contributed by atoms with Crippen LogP contribution >= 0.6 is 0 Å². The molecule has 2 amide bonds. The Morgan fingerprint density at radius 2 is 1.48 bits per heavy atom. The van der Waals surface area contributed by atoms with Crippen LogP contribution in [-0.2, 0) is 19.1 Å². The molecule has 0 saturated heterocycles. The van der Waals surface area contributed by atoms with E-state index in [1.165, 1.54) is 23.9 Å². The van der Waals surface area contributed by atoms with Gasteiger partial charge in [0.1, 0.15) is 12.1 Å². The summed E-state index contributed by atoms with van der Waals surface area (Å²) in [5.41, 5.74) is 0. The number of hydrogen-bond donors (Lipinski definition) is 0. The number of hydrogen-bond acceptors (Lipinski definition) is 5. The highest BCUT2D eigenvalue weighted by atomic mass is 16.6. The maximum atomic E-state index is 12.4. The average Bonchev–Trinajstić information content (AvgIpc) is 2.53. The van der Waals surface area contributed by atoms with Crippen LogP contribution in [0.15, 0.2) is 0 Å². The summed E-state index contributed by atoms with van der Waals surface area (Å²) in [6.07, 6.45) is 0.150. The highest BCUT2D eigenvalue weighted by Crippen LogP contribution is 2.08. The molecule has 0 aromatic heterocycles. The minimum atomic E-state index is -0.732. The highest BCUT2D eigenvalue weighted by molar-refractivity contribution is 5.89. The molecule has 2 atom stereocenters. The molecule has 0 fully saturated rings. The van der Waals surface area contributed by atoms with E-state index in [0.29, 0.717) is 19.6 Å². The van der Waals surface area contributed by atoms with Gasteiger partial charge < -0.3 is 14.4 Å². The lowest BCUT2D eigenvalue weighted by atomic mass is 10.2. The van der Waals surface area contributed by atoms with Gasteiger partial charge in [-0.2, -0.15) is 0 Å². The van der Waals surface area contributed by atoms with Gasteiger partial charge in [0.05, 0.1) is 13.2 Å². The van der Waals surface area contributed by atoms with Gasteiger partial charge in [-0.3, -0.25) is 9.69 Å². The van der Waals surface area contributed by atoms with Crippen molar-refractivity contribution in [3.05, 3.63) is 0 Å². The third-order valence-corrected chi connectivity index (χ3v) is 3.48. The van der Waals surface area contributed by atoms with Crippen molar-refractivity contribution in [2.45, 2.75) is 53.1 Å². The molecule has 0 aliphatic rings. The summed E-state index contributed by atoms with van der Waals surface area (Å²) in [6, 6.07) is -1.45. The van der Waals surface area contributed by atoms with Crippen molar-refractivity contribution in [2.75, 3.05) is 27.3 Å². The summed E-state index contributed by atoms with van der Waals surface area (Å²) in [5.74, 6) is -0.585. The summed E-state index contributed by atoms with van der Waals surface area (Å²) in [7, 11) is 3.02. The second-order valence-electron chi connectivity index (χ2n) is 6.05. The lowest BCUT2D eigenvalue weighted by Crippen LogP contribution is -2.51. The van der Waals surface area contributed by atoms with Gasteiger partial charge in [-0.1, -0.05) is 20.8 Å². The molecule has 0 saturated carbocycles.